The zero-order valence-corrected chi connectivity index (χ0v) is 13.4. The fourth-order valence-electron chi connectivity index (χ4n) is 1.84. The number of alkyl halides is 1. The molecule has 1 aromatic carbocycles. The predicted molar refractivity (Wildman–Crippen MR) is 76.9 cm³/mol. The van der Waals surface area contributed by atoms with Gasteiger partial charge in [0, 0.05) is 32.3 Å². The van der Waals surface area contributed by atoms with E-state index in [9.17, 15) is 9.59 Å². The average molecular weight is 426 g/mol. The standard InChI is InChI=1S/C11H8Br3NO2/c12-7-1-6(5-16)11(9(14)2-7)15-4-8(13)3-10(15)17/h1-2,5,8H,3-4H2. The highest BCUT2D eigenvalue weighted by molar-refractivity contribution is 9.11. The van der Waals surface area contributed by atoms with Crippen LogP contribution in [-0.4, -0.2) is 23.6 Å². The van der Waals surface area contributed by atoms with Crippen LogP contribution in [0.4, 0.5) is 5.69 Å². The van der Waals surface area contributed by atoms with Crippen LogP contribution in [0.2, 0.25) is 0 Å². The Morgan fingerprint density at radius 2 is 2.06 bits per heavy atom. The molecule has 3 nitrogen and oxygen atoms in total. The van der Waals surface area contributed by atoms with Crippen LogP contribution in [-0.2, 0) is 4.79 Å². The summed E-state index contributed by atoms with van der Waals surface area (Å²) in [5, 5.41) is 0. The maximum atomic E-state index is 11.8. The van der Waals surface area contributed by atoms with Crippen LogP contribution in [0, 0.1) is 0 Å². The van der Waals surface area contributed by atoms with E-state index < -0.39 is 0 Å². The van der Waals surface area contributed by atoms with E-state index in [1.54, 1.807) is 11.0 Å². The molecule has 1 saturated heterocycles. The van der Waals surface area contributed by atoms with Crippen molar-refractivity contribution in [1.82, 2.24) is 0 Å². The van der Waals surface area contributed by atoms with Crippen molar-refractivity contribution in [2.75, 3.05) is 11.4 Å². The minimum absolute atomic E-state index is 0.0259. The van der Waals surface area contributed by atoms with E-state index in [4.69, 9.17) is 0 Å². The number of amides is 1. The molecule has 0 saturated carbocycles. The van der Waals surface area contributed by atoms with Gasteiger partial charge in [0.1, 0.15) is 0 Å². The Balaban J connectivity index is 2.51. The number of halogens is 3. The first-order chi connectivity index (χ1) is 8.02. The van der Waals surface area contributed by atoms with Crippen molar-refractivity contribution in [1.29, 1.82) is 0 Å². The first-order valence-corrected chi connectivity index (χ1v) is 7.41. The Morgan fingerprint density at radius 1 is 1.35 bits per heavy atom. The summed E-state index contributed by atoms with van der Waals surface area (Å²) >= 11 is 10.1. The topological polar surface area (TPSA) is 37.4 Å². The summed E-state index contributed by atoms with van der Waals surface area (Å²) < 4.78 is 1.54. The van der Waals surface area contributed by atoms with Crippen LogP contribution in [0.1, 0.15) is 16.8 Å². The van der Waals surface area contributed by atoms with Gasteiger partial charge in [-0.2, -0.15) is 0 Å². The van der Waals surface area contributed by atoms with Crippen LogP contribution < -0.4 is 4.90 Å². The summed E-state index contributed by atoms with van der Waals surface area (Å²) in [5.41, 5.74) is 1.15. The Labute approximate surface area is 124 Å². The maximum absolute atomic E-state index is 11.8. The number of aldehydes is 1. The van der Waals surface area contributed by atoms with Crippen LogP contribution in [0.3, 0.4) is 0 Å². The molecule has 0 spiro atoms. The lowest BCUT2D eigenvalue weighted by Crippen LogP contribution is -2.26. The zero-order valence-electron chi connectivity index (χ0n) is 8.62. The number of hydrogen-bond donors (Lipinski definition) is 0. The van der Waals surface area contributed by atoms with Gasteiger partial charge in [0.05, 0.1) is 5.69 Å². The molecule has 1 aliphatic rings. The summed E-state index contributed by atoms with van der Waals surface area (Å²) in [7, 11) is 0. The molecule has 0 radical (unpaired) electrons. The van der Waals surface area contributed by atoms with E-state index in [0.29, 0.717) is 24.2 Å². The molecule has 6 heteroatoms. The summed E-state index contributed by atoms with van der Waals surface area (Å²) in [6.07, 6.45) is 1.22. The van der Waals surface area contributed by atoms with Gasteiger partial charge in [-0.1, -0.05) is 31.9 Å². The second kappa shape index (κ2) is 5.20. The highest BCUT2D eigenvalue weighted by atomic mass is 79.9. The van der Waals surface area contributed by atoms with Gasteiger partial charge in [-0.25, -0.2) is 0 Å². The van der Waals surface area contributed by atoms with Crippen molar-refractivity contribution in [2.24, 2.45) is 0 Å². The normalized spacial score (nSPS) is 19.8. The van der Waals surface area contributed by atoms with Gasteiger partial charge in [-0.3, -0.25) is 9.59 Å². The molecule has 1 fully saturated rings. The molecule has 1 heterocycles. The van der Waals surface area contributed by atoms with E-state index >= 15 is 0 Å². The molecule has 0 aromatic heterocycles. The first-order valence-electron chi connectivity index (χ1n) is 4.91. The monoisotopic (exact) mass is 423 g/mol. The molecule has 90 valence electrons. The highest BCUT2D eigenvalue weighted by Crippen LogP contribution is 2.36. The van der Waals surface area contributed by atoms with Crippen LogP contribution >= 0.6 is 47.8 Å². The Kier molecular flexibility index (Phi) is 4.05. The highest BCUT2D eigenvalue weighted by Gasteiger charge is 2.31. The van der Waals surface area contributed by atoms with E-state index in [0.717, 1.165) is 15.2 Å². The van der Waals surface area contributed by atoms with Crippen LogP contribution in [0.5, 0.6) is 0 Å². The van der Waals surface area contributed by atoms with Gasteiger partial charge >= 0.3 is 0 Å². The molecule has 1 atom stereocenters. The van der Waals surface area contributed by atoms with Crippen molar-refractivity contribution < 1.29 is 9.59 Å². The molecule has 1 aromatic rings. The number of carbonyl (C=O) groups excluding carboxylic acids is 2. The van der Waals surface area contributed by atoms with Gasteiger partial charge in [0.2, 0.25) is 5.91 Å². The lowest BCUT2D eigenvalue weighted by atomic mass is 10.2. The van der Waals surface area contributed by atoms with E-state index in [-0.39, 0.29) is 10.7 Å². The van der Waals surface area contributed by atoms with Crippen molar-refractivity contribution in [3.63, 3.8) is 0 Å². The molecule has 17 heavy (non-hydrogen) atoms. The predicted octanol–water partition coefficient (Wildman–Crippen LogP) is 3.52. The van der Waals surface area contributed by atoms with Gasteiger partial charge in [-0.15, -0.1) is 0 Å². The van der Waals surface area contributed by atoms with Crippen molar-refractivity contribution >= 4 is 65.7 Å². The minimum Gasteiger partial charge on any atom is -0.309 e. The molecule has 0 bridgehead atoms. The third-order valence-electron chi connectivity index (χ3n) is 2.53. The average Bonchev–Trinajstić information content (AvgIpc) is 2.56. The van der Waals surface area contributed by atoms with E-state index in [1.807, 2.05) is 6.07 Å². The molecular formula is C11H8Br3NO2. The number of rotatable bonds is 2. The lowest BCUT2D eigenvalue weighted by Gasteiger charge is -2.20. The summed E-state index contributed by atoms with van der Waals surface area (Å²) in [5.74, 6) is 0.0259. The van der Waals surface area contributed by atoms with Crippen molar-refractivity contribution in [3.8, 4) is 0 Å². The number of benzene rings is 1. The lowest BCUT2D eigenvalue weighted by molar-refractivity contribution is -0.117. The first kappa shape index (κ1) is 13.2. The molecule has 2 rings (SSSR count). The second-order valence-electron chi connectivity index (χ2n) is 3.75. The molecule has 1 amide bonds. The number of hydrogen-bond acceptors (Lipinski definition) is 2. The Hall–Kier alpha value is -0.200. The third kappa shape index (κ3) is 2.63. The number of nitrogens with zero attached hydrogens (tertiary/aromatic N) is 1. The minimum atomic E-state index is 0.0259. The van der Waals surface area contributed by atoms with Gasteiger partial charge in [-0.05, 0) is 28.1 Å². The Morgan fingerprint density at radius 3 is 2.59 bits per heavy atom. The summed E-state index contributed by atoms with van der Waals surface area (Å²) in [6.45, 7) is 0.583. The van der Waals surface area contributed by atoms with E-state index in [2.05, 4.69) is 47.8 Å². The molecule has 0 N–H and O–H groups in total. The molecular weight excluding hydrogens is 418 g/mol. The maximum Gasteiger partial charge on any atom is 0.228 e. The van der Waals surface area contributed by atoms with Crippen molar-refractivity contribution in [3.05, 3.63) is 26.6 Å². The summed E-state index contributed by atoms with van der Waals surface area (Å²) in [6, 6.07) is 3.54. The Bertz CT molecular complexity index is 490. The fraction of sp³-hybridized carbons (Fsp3) is 0.273. The van der Waals surface area contributed by atoms with Crippen LogP contribution in [0.25, 0.3) is 0 Å². The number of carbonyl (C=O) groups is 2. The summed E-state index contributed by atoms with van der Waals surface area (Å²) in [4.78, 5) is 24.7. The zero-order chi connectivity index (χ0) is 12.6. The number of anilines is 1. The van der Waals surface area contributed by atoms with Crippen molar-refractivity contribution in [2.45, 2.75) is 11.2 Å². The van der Waals surface area contributed by atoms with Crippen LogP contribution in [0.15, 0.2) is 21.1 Å². The quantitative estimate of drug-likeness (QED) is 0.537. The van der Waals surface area contributed by atoms with Gasteiger partial charge in [0.25, 0.3) is 0 Å². The molecule has 0 aliphatic carbocycles. The van der Waals surface area contributed by atoms with E-state index in [1.165, 1.54) is 0 Å². The smallest absolute Gasteiger partial charge is 0.228 e. The van der Waals surface area contributed by atoms with Gasteiger partial charge in [0.15, 0.2) is 6.29 Å². The second-order valence-corrected chi connectivity index (χ2v) is 6.81. The van der Waals surface area contributed by atoms with Gasteiger partial charge < -0.3 is 4.90 Å². The third-order valence-corrected chi connectivity index (χ3v) is 4.21. The SMILES string of the molecule is O=Cc1cc(Br)cc(Br)c1N1CC(Br)CC1=O. The fourth-order valence-corrected chi connectivity index (χ4v) is 3.88. The largest absolute Gasteiger partial charge is 0.309 e. The molecule has 1 unspecified atom stereocenters. The molecule has 1 aliphatic heterocycles.